The molecule has 2 N–H and O–H groups in total. The summed E-state index contributed by atoms with van der Waals surface area (Å²) < 4.78 is 1.23. The predicted molar refractivity (Wildman–Crippen MR) is 78.6 cm³/mol. The Morgan fingerprint density at radius 1 is 1.35 bits per heavy atom. The Morgan fingerprint density at radius 2 is 2.00 bits per heavy atom. The molecule has 1 aliphatic rings. The topological polar surface area (TPSA) is 29.3 Å². The van der Waals surface area contributed by atoms with Crippen molar-refractivity contribution in [2.75, 3.05) is 19.6 Å². The fourth-order valence-electron chi connectivity index (χ4n) is 2.50. The largest absolute Gasteiger partial charge is 0.329 e. The van der Waals surface area contributed by atoms with Crippen molar-refractivity contribution in [2.45, 2.75) is 38.6 Å². The first-order chi connectivity index (χ1) is 8.22. The minimum atomic E-state index is 0.420. The van der Waals surface area contributed by atoms with Crippen molar-refractivity contribution in [1.82, 2.24) is 4.90 Å². The highest BCUT2D eigenvalue weighted by Crippen LogP contribution is 2.33. The molecule has 0 radical (unpaired) electrons. The van der Waals surface area contributed by atoms with Crippen LogP contribution in [-0.4, -0.2) is 24.5 Å². The van der Waals surface area contributed by atoms with Crippen LogP contribution in [0.25, 0.3) is 0 Å². The molecule has 0 saturated carbocycles. The van der Waals surface area contributed by atoms with Crippen LogP contribution in [0.3, 0.4) is 0 Å². The van der Waals surface area contributed by atoms with E-state index in [0.717, 1.165) is 6.54 Å². The maximum Gasteiger partial charge on any atom is 0.0564 e. The summed E-state index contributed by atoms with van der Waals surface area (Å²) in [6.07, 6.45) is 5.39. The molecule has 4 heteroatoms. The molecule has 2 rings (SSSR count). The molecule has 96 valence electrons. The molecule has 2 nitrogen and oxygen atoms in total. The smallest absolute Gasteiger partial charge is 0.0564 e. The van der Waals surface area contributed by atoms with Gasteiger partial charge >= 0.3 is 0 Å². The summed E-state index contributed by atoms with van der Waals surface area (Å²) in [5.41, 5.74) is 6.00. The average molecular weight is 317 g/mol. The highest BCUT2D eigenvalue weighted by atomic mass is 79.9. The molecular weight excluding hydrogens is 296 g/mol. The number of likely N-dealkylation sites (tertiary alicyclic amines) is 1. The molecule has 2 heterocycles. The first-order valence-electron chi connectivity index (χ1n) is 6.42. The van der Waals surface area contributed by atoms with Crippen LogP contribution < -0.4 is 5.73 Å². The van der Waals surface area contributed by atoms with E-state index in [9.17, 15) is 0 Å². The van der Waals surface area contributed by atoms with Gasteiger partial charge in [0.15, 0.2) is 0 Å². The SMILES string of the molecule is Cc1sc(C(CN)N2CCCCCC2)cc1Br. The van der Waals surface area contributed by atoms with Gasteiger partial charge in [0.2, 0.25) is 0 Å². The number of nitrogens with zero attached hydrogens (tertiary/aromatic N) is 1. The molecule has 1 unspecified atom stereocenters. The van der Waals surface area contributed by atoms with Crippen molar-refractivity contribution in [2.24, 2.45) is 5.73 Å². The number of thiophene rings is 1. The summed E-state index contributed by atoms with van der Waals surface area (Å²) in [5.74, 6) is 0. The standard InChI is InChI=1S/C13H21BrN2S/c1-10-11(14)8-13(17-10)12(9-15)16-6-4-2-3-5-7-16/h8,12H,2-7,9,15H2,1H3. The van der Waals surface area contributed by atoms with Crippen LogP contribution in [0, 0.1) is 6.92 Å². The quantitative estimate of drug-likeness (QED) is 0.921. The Morgan fingerprint density at radius 3 is 2.47 bits per heavy atom. The number of hydrogen-bond acceptors (Lipinski definition) is 3. The molecule has 1 fully saturated rings. The Hall–Kier alpha value is 0.100. The van der Waals surface area contributed by atoms with Gasteiger partial charge in [-0.1, -0.05) is 12.8 Å². The number of rotatable bonds is 3. The van der Waals surface area contributed by atoms with E-state index in [2.05, 4.69) is 33.8 Å². The third-order valence-corrected chi connectivity index (χ3v) is 5.75. The van der Waals surface area contributed by atoms with Gasteiger partial charge in [0.05, 0.1) is 6.04 Å². The van der Waals surface area contributed by atoms with E-state index in [1.165, 1.54) is 53.0 Å². The third-order valence-electron chi connectivity index (χ3n) is 3.51. The number of nitrogens with two attached hydrogens (primary N) is 1. The predicted octanol–water partition coefficient (Wildman–Crippen LogP) is 3.69. The average Bonchev–Trinajstić information content (AvgIpc) is 2.56. The monoisotopic (exact) mass is 316 g/mol. The van der Waals surface area contributed by atoms with Crippen LogP contribution >= 0.6 is 27.3 Å². The fourth-order valence-corrected chi connectivity index (χ4v) is 4.21. The number of halogens is 1. The van der Waals surface area contributed by atoms with E-state index in [-0.39, 0.29) is 0 Å². The molecule has 1 aromatic heterocycles. The molecule has 1 aliphatic heterocycles. The minimum absolute atomic E-state index is 0.420. The maximum atomic E-state index is 6.00. The summed E-state index contributed by atoms with van der Waals surface area (Å²) in [7, 11) is 0. The summed E-state index contributed by atoms with van der Waals surface area (Å²) in [4.78, 5) is 5.34. The second kappa shape index (κ2) is 6.32. The fraction of sp³-hybridized carbons (Fsp3) is 0.692. The van der Waals surface area contributed by atoms with Gasteiger partial charge in [0.1, 0.15) is 0 Å². The highest BCUT2D eigenvalue weighted by Gasteiger charge is 2.22. The lowest BCUT2D eigenvalue weighted by Gasteiger charge is -2.28. The van der Waals surface area contributed by atoms with Gasteiger partial charge in [-0.15, -0.1) is 11.3 Å². The van der Waals surface area contributed by atoms with Crippen molar-refractivity contribution in [3.63, 3.8) is 0 Å². The Kier molecular flexibility index (Phi) is 5.03. The van der Waals surface area contributed by atoms with E-state index in [1.807, 2.05) is 11.3 Å². The summed E-state index contributed by atoms with van der Waals surface area (Å²) in [5, 5.41) is 0. The van der Waals surface area contributed by atoms with E-state index < -0.39 is 0 Å². The van der Waals surface area contributed by atoms with Gasteiger partial charge < -0.3 is 5.73 Å². The molecule has 1 aromatic rings. The molecule has 0 bridgehead atoms. The zero-order chi connectivity index (χ0) is 12.3. The van der Waals surface area contributed by atoms with Crippen molar-refractivity contribution in [1.29, 1.82) is 0 Å². The van der Waals surface area contributed by atoms with E-state index in [0.29, 0.717) is 6.04 Å². The normalized spacial score (nSPS) is 20.2. The first-order valence-corrected chi connectivity index (χ1v) is 8.03. The third kappa shape index (κ3) is 3.31. The summed E-state index contributed by atoms with van der Waals surface area (Å²) in [6, 6.07) is 2.67. The zero-order valence-corrected chi connectivity index (χ0v) is 12.8. The highest BCUT2D eigenvalue weighted by molar-refractivity contribution is 9.10. The molecule has 1 atom stereocenters. The first kappa shape index (κ1) is 13.5. The number of aryl methyl sites for hydroxylation is 1. The van der Waals surface area contributed by atoms with Crippen LogP contribution in [0.5, 0.6) is 0 Å². The zero-order valence-electron chi connectivity index (χ0n) is 10.4. The lowest BCUT2D eigenvalue weighted by atomic mass is 10.2. The van der Waals surface area contributed by atoms with E-state index in [1.54, 1.807) is 0 Å². The lowest BCUT2D eigenvalue weighted by Crippen LogP contribution is -2.34. The van der Waals surface area contributed by atoms with Crippen LogP contribution in [0.2, 0.25) is 0 Å². The van der Waals surface area contributed by atoms with Gasteiger partial charge in [-0.05, 0) is 54.9 Å². The minimum Gasteiger partial charge on any atom is -0.329 e. The number of hydrogen-bond donors (Lipinski definition) is 1. The molecule has 0 aliphatic carbocycles. The van der Waals surface area contributed by atoms with Gasteiger partial charge in [-0.25, -0.2) is 0 Å². The molecule has 0 amide bonds. The molecule has 0 aromatic carbocycles. The van der Waals surface area contributed by atoms with Crippen molar-refractivity contribution >= 4 is 27.3 Å². The van der Waals surface area contributed by atoms with Gasteiger partial charge in [0.25, 0.3) is 0 Å². The Bertz CT molecular complexity index is 337. The molecule has 17 heavy (non-hydrogen) atoms. The van der Waals surface area contributed by atoms with Gasteiger partial charge in [-0.3, -0.25) is 4.90 Å². The Balaban J connectivity index is 2.13. The van der Waals surface area contributed by atoms with Crippen LogP contribution in [0.15, 0.2) is 10.5 Å². The second-order valence-electron chi connectivity index (χ2n) is 4.75. The second-order valence-corrected chi connectivity index (χ2v) is 6.90. The van der Waals surface area contributed by atoms with Crippen molar-refractivity contribution in [3.8, 4) is 0 Å². The summed E-state index contributed by atoms with van der Waals surface area (Å²) >= 11 is 5.48. The van der Waals surface area contributed by atoms with Gasteiger partial charge in [-0.2, -0.15) is 0 Å². The van der Waals surface area contributed by atoms with Crippen LogP contribution in [0.4, 0.5) is 0 Å². The Labute approximate surface area is 116 Å². The maximum absolute atomic E-state index is 6.00. The molecular formula is C13H21BrN2S. The van der Waals surface area contributed by atoms with Gasteiger partial charge in [0, 0.05) is 20.8 Å². The van der Waals surface area contributed by atoms with Crippen molar-refractivity contribution in [3.05, 3.63) is 20.3 Å². The lowest BCUT2D eigenvalue weighted by molar-refractivity contribution is 0.212. The molecule has 0 spiro atoms. The summed E-state index contributed by atoms with van der Waals surface area (Å²) in [6.45, 7) is 5.30. The van der Waals surface area contributed by atoms with E-state index in [4.69, 9.17) is 5.73 Å². The van der Waals surface area contributed by atoms with Crippen LogP contribution in [-0.2, 0) is 0 Å². The molecule has 1 saturated heterocycles. The van der Waals surface area contributed by atoms with Crippen LogP contribution in [0.1, 0.15) is 41.5 Å². The van der Waals surface area contributed by atoms with Crippen molar-refractivity contribution < 1.29 is 0 Å². The van der Waals surface area contributed by atoms with E-state index >= 15 is 0 Å².